The first-order chi connectivity index (χ1) is 13.1. The summed E-state index contributed by atoms with van der Waals surface area (Å²) in [5.41, 5.74) is 0.503. The van der Waals surface area contributed by atoms with Crippen molar-refractivity contribution < 1.29 is 18.0 Å². The van der Waals surface area contributed by atoms with E-state index in [2.05, 4.69) is 31.4 Å². The third kappa shape index (κ3) is 4.74. The molecule has 3 rings (SSSR count). The fourth-order valence-corrected chi connectivity index (χ4v) is 3.25. The first-order valence-electron chi connectivity index (χ1n) is 8.00. The molecular formula is C17H14BrClF3N5O. The number of carbonyl (C=O) groups excluding carboxylic acids is 1. The largest absolute Gasteiger partial charge is 0.436 e. The van der Waals surface area contributed by atoms with Gasteiger partial charge >= 0.3 is 6.18 Å². The molecule has 148 valence electrons. The van der Waals surface area contributed by atoms with Crippen molar-refractivity contribution >= 4 is 39.1 Å². The minimum atomic E-state index is -4.60. The van der Waals surface area contributed by atoms with E-state index >= 15 is 0 Å². The van der Waals surface area contributed by atoms with Gasteiger partial charge in [-0.2, -0.15) is 23.4 Å². The lowest BCUT2D eigenvalue weighted by molar-refractivity contribution is -0.142. The topological polar surface area (TPSA) is 64.7 Å². The molecule has 11 heteroatoms. The van der Waals surface area contributed by atoms with E-state index in [9.17, 15) is 18.0 Å². The summed E-state index contributed by atoms with van der Waals surface area (Å²) >= 11 is 8.82. The molecule has 0 saturated heterocycles. The van der Waals surface area contributed by atoms with Crippen LogP contribution in [0.5, 0.6) is 0 Å². The van der Waals surface area contributed by atoms with Crippen LogP contribution in [0.3, 0.4) is 0 Å². The molecule has 0 aliphatic rings. The number of hydrogen-bond donors (Lipinski definition) is 1. The number of nitrogens with one attached hydrogen (secondary N) is 1. The summed E-state index contributed by atoms with van der Waals surface area (Å²) in [5.74, 6) is -0.519. The Morgan fingerprint density at radius 3 is 2.75 bits per heavy atom. The molecule has 1 amide bonds. The number of benzene rings is 1. The molecule has 6 nitrogen and oxygen atoms in total. The summed E-state index contributed by atoms with van der Waals surface area (Å²) < 4.78 is 41.2. The molecule has 1 N–H and O–H groups in total. The molecule has 3 aromatic rings. The van der Waals surface area contributed by atoms with Crippen LogP contribution >= 0.6 is 27.5 Å². The maximum absolute atomic E-state index is 12.9. The van der Waals surface area contributed by atoms with E-state index in [4.69, 9.17) is 11.6 Å². The van der Waals surface area contributed by atoms with E-state index in [1.807, 2.05) is 12.1 Å². The fraction of sp³-hybridized carbons (Fsp3) is 0.235. The third-order valence-electron chi connectivity index (χ3n) is 3.85. The number of carbonyl (C=O) groups is 1. The van der Waals surface area contributed by atoms with Crippen LogP contribution in [0.15, 0.2) is 41.1 Å². The smallest absolute Gasteiger partial charge is 0.322 e. The number of nitrogens with zero attached hydrogens (tertiary/aromatic N) is 4. The lowest BCUT2D eigenvalue weighted by Crippen LogP contribution is -2.20. The molecule has 0 unspecified atom stereocenters. The zero-order valence-electron chi connectivity index (χ0n) is 14.5. The van der Waals surface area contributed by atoms with Gasteiger partial charge in [-0.05, 0) is 40.5 Å². The summed E-state index contributed by atoms with van der Waals surface area (Å²) in [6.07, 6.45) is -1.53. The lowest BCUT2D eigenvalue weighted by atomic mass is 10.2. The fourth-order valence-electron chi connectivity index (χ4n) is 2.53. The summed E-state index contributed by atoms with van der Waals surface area (Å²) in [6, 6.07) is 7.28. The van der Waals surface area contributed by atoms with Crippen molar-refractivity contribution in [2.24, 2.45) is 0 Å². The Morgan fingerprint density at radius 1 is 1.36 bits per heavy atom. The lowest BCUT2D eigenvalue weighted by Gasteiger charge is -2.05. The Bertz CT molecular complexity index is 1010. The molecular weight excluding hydrogens is 463 g/mol. The van der Waals surface area contributed by atoms with Crippen LogP contribution in [0, 0.1) is 6.92 Å². The molecule has 0 saturated carbocycles. The van der Waals surface area contributed by atoms with E-state index in [0.29, 0.717) is 17.3 Å². The summed E-state index contributed by atoms with van der Waals surface area (Å²) in [5, 5.41) is 10.8. The molecule has 2 heterocycles. The first-order valence-corrected chi connectivity index (χ1v) is 9.17. The average molecular weight is 477 g/mol. The number of halogens is 5. The second-order valence-corrected chi connectivity index (χ2v) is 7.24. The van der Waals surface area contributed by atoms with Crippen molar-refractivity contribution in [3.63, 3.8) is 0 Å². The number of rotatable bonds is 5. The highest BCUT2D eigenvalue weighted by Crippen LogP contribution is 2.35. The van der Waals surface area contributed by atoms with E-state index in [1.165, 1.54) is 13.1 Å². The van der Waals surface area contributed by atoms with Gasteiger partial charge in [0, 0.05) is 11.2 Å². The molecule has 0 aliphatic carbocycles. The molecule has 28 heavy (non-hydrogen) atoms. The first kappa shape index (κ1) is 20.4. The standard InChI is InChI=1S/C17H14BrClF3N5O/c1-10-15(18)16(17(20,21)22)25-27(10)9-14(28)24-13-6-23-26(8-13)7-11-3-2-4-12(19)5-11/h2-6,8H,7,9H2,1H3,(H,24,28). The van der Waals surface area contributed by atoms with E-state index in [0.717, 1.165) is 10.2 Å². The number of aromatic nitrogens is 4. The van der Waals surface area contributed by atoms with Crippen LogP contribution in [0.4, 0.5) is 18.9 Å². The maximum Gasteiger partial charge on any atom is 0.436 e. The van der Waals surface area contributed by atoms with Crippen LogP contribution in [-0.2, 0) is 24.1 Å². The minimum Gasteiger partial charge on any atom is -0.322 e. The highest BCUT2D eigenvalue weighted by molar-refractivity contribution is 9.10. The predicted molar refractivity (Wildman–Crippen MR) is 101 cm³/mol. The summed E-state index contributed by atoms with van der Waals surface area (Å²) in [6.45, 7) is 1.54. The monoisotopic (exact) mass is 475 g/mol. The van der Waals surface area contributed by atoms with Gasteiger partial charge in [0.25, 0.3) is 0 Å². The second-order valence-electron chi connectivity index (χ2n) is 6.01. The van der Waals surface area contributed by atoms with Crippen LogP contribution in [0.1, 0.15) is 17.0 Å². The Morgan fingerprint density at radius 2 is 2.11 bits per heavy atom. The molecule has 1 aromatic carbocycles. The van der Waals surface area contributed by atoms with E-state index in [1.54, 1.807) is 23.0 Å². The normalized spacial score (nSPS) is 11.6. The average Bonchev–Trinajstić information content (AvgIpc) is 3.13. The van der Waals surface area contributed by atoms with Crippen molar-refractivity contribution in [1.29, 1.82) is 0 Å². The maximum atomic E-state index is 12.9. The van der Waals surface area contributed by atoms with Gasteiger partial charge in [-0.25, -0.2) is 0 Å². The Kier molecular flexibility index (Phi) is 5.80. The van der Waals surface area contributed by atoms with Gasteiger partial charge < -0.3 is 5.32 Å². The molecule has 2 aromatic heterocycles. The Labute approximate surface area is 171 Å². The SMILES string of the molecule is Cc1c(Br)c(C(F)(F)F)nn1CC(=O)Nc1cnn(Cc2cccc(Cl)c2)c1. The number of amides is 1. The van der Waals surface area contributed by atoms with Crippen molar-refractivity contribution in [3.8, 4) is 0 Å². The van der Waals surface area contributed by atoms with Crippen LogP contribution < -0.4 is 5.32 Å². The summed E-state index contributed by atoms with van der Waals surface area (Å²) in [7, 11) is 0. The quantitative estimate of drug-likeness (QED) is 0.589. The van der Waals surface area contributed by atoms with Crippen LogP contribution in [0.25, 0.3) is 0 Å². The highest BCUT2D eigenvalue weighted by atomic mass is 79.9. The zero-order valence-corrected chi connectivity index (χ0v) is 16.8. The highest BCUT2D eigenvalue weighted by Gasteiger charge is 2.38. The number of hydrogen-bond acceptors (Lipinski definition) is 3. The van der Waals surface area contributed by atoms with E-state index < -0.39 is 17.8 Å². The van der Waals surface area contributed by atoms with Crippen molar-refractivity contribution in [3.05, 3.63) is 63.1 Å². The molecule has 0 fully saturated rings. The van der Waals surface area contributed by atoms with Gasteiger partial charge in [0.05, 0.1) is 28.6 Å². The minimum absolute atomic E-state index is 0.179. The molecule has 0 atom stereocenters. The van der Waals surface area contributed by atoms with Crippen molar-refractivity contribution in [1.82, 2.24) is 19.6 Å². The molecule has 0 bridgehead atoms. The third-order valence-corrected chi connectivity index (χ3v) is 5.03. The molecule has 0 radical (unpaired) electrons. The van der Waals surface area contributed by atoms with Gasteiger partial charge in [-0.1, -0.05) is 23.7 Å². The van der Waals surface area contributed by atoms with Gasteiger partial charge in [0.1, 0.15) is 6.54 Å². The predicted octanol–water partition coefficient (Wildman–Crippen LogP) is 4.51. The molecule has 0 spiro atoms. The van der Waals surface area contributed by atoms with E-state index in [-0.39, 0.29) is 16.7 Å². The number of alkyl halides is 3. The van der Waals surface area contributed by atoms with Crippen LogP contribution in [0.2, 0.25) is 5.02 Å². The van der Waals surface area contributed by atoms with Crippen LogP contribution in [-0.4, -0.2) is 25.5 Å². The zero-order chi connectivity index (χ0) is 20.5. The number of anilines is 1. The van der Waals surface area contributed by atoms with Gasteiger partial charge in [0.2, 0.25) is 5.91 Å². The van der Waals surface area contributed by atoms with Gasteiger partial charge in [0.15, 0.2) is 5.69 Å². The molecule has 0 aliphatic heterocycles. The van der Waals surface area contributed by atoms with Crippen molar-refractivity contribution in [2.45, 2.75) is 26.2 Å². The van der Waals surface area contributed by atoms with Crippen molar-refractivity contribution in [2.75, 3.05) is 5.32 Å². The second kappa shape index (κ2) is 7.96. The summed E-state index contributed by atoms with van der Waals surface area (Å²) in [4.78, 5) is 12.2. The van der Waals surface area contributed by atoms with Gasteiger partial charge in [-0.3, -0.25) is 14.2 Å². The van der Waals surface area contributed by atoms with Gasteiger partial charge in [-0.15, -0.1) is 0 Å². The Balaban J connectivity index is 1.65. The Hall–Kier alpha value is -2.33.